The minimum absolute atomic E-state index is 0.0487. The largest absolute Gasteiger partial charge is 0.469 e. The molecule has 1 aromatic heterocycles. The second-order valence-corrected chi connectivity index (χ2v) is 5.59. The maximum absolute atomic E-state index is 12.2. The highest BCUT2D eigenvalue weighted by molar-refractivity contribution is 5.82. The quantitative estimate of drug-likeness (QED) is 0.862. The standard InChI is InChI=1S/C14H19NO3/c1-15(8-12(16)9-4-5-9)14(17)11-7-10(11)13-3-2-6-18-13/h2-3,6,9-12,16H,4-5,7-8H2,1H3. The molecular formula is C14H19NO3. The number of nitrogens with zero attached hydrogens (tertiary/aromatic N) is 1. The SMILES string of the molecule is CN(CC(O)C1CC1)C(=O)C1CC1c1ccco1. The Morgan fingerprint density at radius 2 is 2.39 bits per heavy atom. The van der Waals surface area contributed by atoms with Crippen molar-refractivity contribution in [2.75, 3.05) is 13.6 Å². The molecule has 0 radical (unpaired) electrons. The monoisotopic (exact) mass is 249 g/mol. The van der Waals surface area contributed by atoms with Crippen molar-refractivity contribution in [3.63, 3.8) is 0 Å². The molecule has 0 saturated heterocycles. The summed E-state index contributed by atoms with van der Waals surface area (Å²) in [6.07, 6.45) is 4.37. The first-order valence-corrected chi connectivity index (χ1v) is 6.63. The molecule has 1 heterocycles. The number of amides is 1. The summed E-state index contributed by atoms with van der Waals surface area (Å²) in [7, 11) is 1.78. The van der Waals surface area contributed by atoms with Crippen LogP contribution in [-0.2, 0) is 4.79 Å². The van der Waals surface area contributed by atoms with Crippen LogP contribution < -0.4 is 0 Å². The molecule has 4 nitrogen and oxygen atoms in total. The average Bonchev–Trinajstić information content (AvgIpc) is 3.27. The van der Waals surface area contributed by atoms with Crippen molar-refractivity contribution >= 4 is 5.91 Å². The van der Waals surface area contributed by atoms with Crippen molar-refractivity contribution in [2.24, 2.45) is 11.8 Å². The molecule has 98 valence electrons. The molecule has 0 bridgehead atoms. The van der Waals surface area contributed by atoms with Gasteiger partial charge < -0.3 is 14.4 Å². The summed E-state index contributed by atoms with van der Waals surface area (Å²) in [5, 5.41) is 9.85. The maximum atomic E-state index is 12.2. The molecule has 4 heteroatoms. The Morgan fingerprint density at radius 3 is 3.00 bits per heavy atom. The van der Waals surface area contributed by atoms with Crippen LogP contribution in [0.1, 0.15) is 30.9 Å². The normalized spacial score (nSPS) is 27.9. The Hall–Kier alpha value is -1.29. The summed E-state index contributed by atoms with van der Waals surface area (Å²) >= 11 is 0. The van der Waals surface area contributed by atoms with Gasteiger partial charge in [-0.2, -0.15) is 0 Å². The second-order valence-electron chi connectivity index (χ2n) is 5.59. The number of furan rings is 1. The van der Waals surface area contributed by atoms with Crippen LogP contribution in [0, 0.1) is 11.8 Å². The van der Waals surface area contributed by atoms with Gasteiger partial charge >= 0.3 is 0 Å². The first-order chi connectivity index (χ1) is 8.66. The van der Waals surface area contributed by atoms with Crippen molar-refractivity contribution in [3.8, 4) is 0 Å². The lowest BCUT2D eigenvalue weighted by Gasteiger charge is -2.20. The van der Waals surface area contributed by atoms with E-state index in [1.54, 1.807) is 18.2 Å². The van der Waals surface area contributed by atoms with Gasteiger partial charge in [0.1, 0.15) is 5.76 Å². The molecule has 3 atom stereocenters. The molecular weight excluding hydrogens is 230 g/mol. The Balaban J connectivity index is 1.52. The van der Waals surface area contributed by atoms with E-state index in [2.05, 4.69) is 0 Å². The first kappa shape index (κ1) is 11.8. The van der Waals surface area contributed by atoms with Gasteiger partial charge in [-0.15, -0.1) is 0 Å². The molecule has 2 aliphatic rings. The van der Waals surface area contributed by atoms with E-state index in [0.29, 0.717) is 12.5 Å². The Labute approximate surface area is 107 Å². The van der Waals surface area contributed by atoms with E-state index >= 15 is 0 Å². The summed E-state index contributed by atoms with van der Waals surface area (Å²) in [6, 6.07) is 3.78. The molecule has 1 N–H and O–H groups in total. The number of hydrogen-bond acceptors (Lipinski definition) is 3. The summed E-state index contributed by atoms with van der Waals surface area (Å²) in [6.45, 7) is 0.463. The van der Waals surface area contributed by atoms with E-state index in [4.69, 9.17) is 4.42 Å². The molecule has 2 aliphatic carbocycles. The lowest BCUT2D eigenvalue weighted by Crippen LogP contribution is -2.36. The van der Waals surface area contributed by atoms with Crippen LogP contribution in [0.4, 0.5) is 0 Å². The average molecular weight is 249 g/mol. The van der Waals surface area contributed by atoms with E-state index in [-0.39, 0.29) is 23.8 Å². The van der Waals surface area contributed by atoms with Crippen molar-refractivity contribution in [3.05, 3.63) is 24.2 Å². The highest BCUT2D eigenvalue weighted by Crippen LogP contribution is 2.48. The van der Waals surface area contributed by atoms with Crippen LogP contribution >= 0.6 is 0 Å². The fourth-order valence-electron chi connectivity index (χ4n) is 2.57. The predicted molar refractivity (Wildman–Crippen MR) is 65.9 cm³/mol. The Morgan fingerprint density at radius 1 is 1.61 bits per heavy atom. The van der Waals surface area contributed by atoms with Gasteiger partial charge in [-0.25, -0.2) is 0 Å². The number of carbonyl (C=O) groups excluding carboxylic acids is 1. The van der Waals surface area contributed by atoms with Gasteiger partial charge in [0.15, 0.2) is 0 Å². The molecule has 3 rings (SSSR count). The molecule has 2 saturated carbocycles. The number of aliphatic hydroxyl groups excluding tert-OH is 1. The Bertz CT molecular complexity index is 424. The minimum atomic E-state index is -0.347. The van der Waals surface area contributed by atoms with Gasteiger partial charge in [0.05, 0.1) is 12.4 Å². The number of rotatable bonds is 5. The number of aliphatic hydroxyl groups is 1. The van der Waals surface area contributed by atoms with Gasteiger partial charge in [-0.3, -0.25) is 4.79 Å². The van der Waals surface area contributed by atoms with E-state index in [1.807, 2.05) is 12.1 Å². The molecule has 0 spiro atoms. The van der Waals surface area contributed by atoms with E-state index in [1.165, 1.54) is 0 Å². The van der Waals surface area contributed by atoms with Crippen LogP contribution in [0.5, 0.6) is 0 Å². The molecule has 0 aromatic carbocycles. The van der Waals surface area contributed by atoms with Crippen LogP contribution in [0.3, 0.4) is 0 Å². The van der Waals surface area contributed by atoms with Crippen LogP contribution in [-0.4, -0.2) is 35.6 Å². The minimum Gasteiger partial charge on any atom is -0.469 e. The van der Waals surface area contributed by atoms with E-state index in [9.17, 15) is 9.90 Å². The zero-order valence-corrected chi connectivity index (χ0v) is 10.6. The van der Waals surface area contributed by atoms with Gasteiger partial charge in [0.25, 0.3) is 0 Å². The lowest BCUT2D eigenvalue weighted by molar-refractivity contribution is -0.132. The first-order valence-electron chi connectivity index (χ1n) is 6.63. The van der Waals surface area contributed by atoms with Gasteiger partial charge in [0, 0.05) is 25.4 Å². The molecule has 2 fully saturated rings. The lowest BCUT2D eigenvalue weighted by atomic mass is 10.2. The second kappa shape index (κ2) is 4.43. The highest BCUT2D eigenvalue weighted by Gasteiger charge is 2.47. The molecule has 18 heavy (non-hydrogen) atoms. The van der Waals surface area contributed by atoms with Crippen molar-refractivity contribution in [1.82, 2.24) is 4.90 Å². The van der Waals surface area contributed by atoms with E-state index in [0.717, 1.165) is 25.0 Å². The highest BCUT2D eigenvalue weighted by atomic mass is 16.3. The fourth-order valence-corrected chi connectivity index (χ4v) is 2.57. The number of carbonyl (C=O) groups is 1. The third kappa shape index (κ3) is 2.29. The van der Waals surface area contributed by atoms with Gasteiger partial charge in [-0.1, -0.05) is 0 Å². The number of likely N-dealkylation sites (N-methyl/N-ethyl adjacent to an activating group) is 1. The zero-order chi connectivity index (χ0) is 12.7. The van der Waals surface area contributed by atoms with Crippen LogP contribution in [0.25, 0.3) is 0 Å². The predicted octanol–water partition coefficient (Wildman–Crippen LogP) is 1.61. The number of hydrogen-bond donors (Lipinski definition) is 1. The van der Waals surface area contributed by atoms with Crippen molar-refractivity contribution in [2.45, 2.75) is 31.3 Å². The van der Waals surface area contributed by atoms with Crippen molar-refractivity contribution in [1.29, 1.82) is 0 Å². The molecule has 1 aromatic rings. The van der Waals surface area contributed by atoms with Crippen LogP contribution in [0.15, 0.2) is 22.8 Å². The molecule has 0 aliphatic heterocycles. The Kier molecular flexibility index (Phi) is 2.90. The third-order valence-corrected chi connectivity index (χ3v) is 4.02. The molecule has 1 amide bonds. The molecule has 3 unspecified atom stereocenters. The van der Waals surface area contributed by atoms with Crippen molar-refractivity contribution < 1.29 is 14.3 Å². The third-order valence-electron chi connectivity index (χ3n) is 4.02. The smallest absolute Gasteiger partial charge is 0.226 e. The zero-order valence-electron chi connectivity index (χ0n) is 10.6. The van der Waals surface area contributed by atoms with Gasteiger partial charge in [0.2, 0.25) is 5.91 Å². The summed E-state index contributed by atoms with van der Waals surface area (Å²) in [5.41, 5.74) is 0. The topological polar surface area (TPSA) is 53.7 Å². The maximum Gasteiger partial charge on any atom is 0.226 e. The van der Waals surface area contributed by atoms with Crippen LogP contribution in [0.2, 0.25) is 0 Å². The van der Waals surface area contributed by atoms with Gasteiger partial charge in [-0.05, 0) is 37.3 Å². The summed E-state index contributed by atoms with van der Waals surface area (Å²) in [4.78, 5) is 13.8. The summed E-state index contributed by atoms with van der Waals surface area (Å²) < 4.78 is 5.33. The summed E-state index contributed by atoms with van der Waals surface area (Å²) in [5.74, 6) is 1.75. The van der Waals surface area contributed by atoms with E-state index < -0.39 is 0 Å². The fraction of sp³-hybridized carbons (Fsp3) is 0.643.